The molecule has 2 aliphatic rings. The lowest BCUT2D eigenvalue weighted by Gasteiger charge is -2.23. The molecule has 9 heteroatoms. The van der Waals surface area contributed by atoms with Gasteiger partial charge in [-0.05, 0) is 43.0 Å². The molecule has 4 rings (SSSR count). The number of anilines is 1. The lowest BCUT2D eigenvalue weighted by molar-refractivity contribution is -0.116. The van der Waals surface area contributed by atoms with Crippen LogP contribution in [-0.4, -0.2) is 35.6 Å². The number of hydrogen-bond acceptors (Lipinski definition) is 5. The summed E-state index contributed by atoms with van der Waals surface area (Å²) in [7, 11) is -3.69. The summed E-state index contributed by atoms with van der Waals surface area (Å²) in [6.07, 6.45) is 2.93. The van der Waals surface area contributed by atoms with Crippen molar-refractivity contribution in [3.05, 3.63) is 35.4 Å². The van der Waals surface area contributed by atoms with Gasteiger partial charge in [-0.1, -0.05) is 6.92 Å². The van der Waals surface area contributed by atoms with Crippen LogP contribution in [0.1, 0.15) is 49.9 Å². The summed E-state index contributed by atoms with van der Waals surface area (Å²) in [5.74, 6) is 1.39. The largest absolute Gasteiger partial charge is 0.312 e. The molecule has 0 spiro atoms. The van der Waals surface area contributed by atoms with E-state index in [4.69, 9.17) is 0 Å². The number of rotatable bonds is 4. The smallest absolute Gasteiger partial charge is 0.241 e. The number of fused-ring (bicyclic) bond motifs is 2. The van der Waals surface area contributed by atoms with E-state index < -0.39 is 10.0 Å². The molecule has 0 aliphatic carbocycles. The zero-order chi connectivity index (χ0) is 19.2. The van der Waals surface area contributed by atoms with E-state index in [-0.39, 0.29) is 16.8 Å². The molecule has 1 aromatic heterocycles. The number of aromatic nitrogens is 3. The molecule has 1 N–H and O–H groups in total. The van der Waals surface area contributed by atoms with Gasteiger partial charge in [0.1, 0.15) is 5.82 Å². The fourth-order valence-corrected chi connectivity index (χ4v) is 5.07. The average molecular weight is 389 g/mol. The maximum absolute atomic E-state index is 13.0. The van der Waals surface area contributed by atoms with Crippen LogP contribution in [0.5, 0.6) is 0 Å². The topological polar surface area (TPSA) is 97.2 Å². The van der Waals surface area contributed by atoms with Crippen molar-refractivity contribution in [3.63, 3.8) is 0 Å². The summed E-state index contributed by atoms with van der Waals surface area (Å²) >= 11 is 0. The summed E-state index contributed by atoms with van der Waals surface area (Å²) in [5, 5.41) is 4.43. The number of carbonyl (C=O) groups excluding carboxylic acids is 1. The van der Waals surface area contributed by atoms with Crippen molar-refractivity contribution in [2.24, 2.45) is 0 Å². The molecule has 1 atom stereocenters. The third-order valence-electron chi connectivity index (χ3n) is 5.17. The number of amides is 1. The molecule has 27 heavy (non-hydrogen) atoms. The van der Waals surface area contributed by atoms with Gasteiger partial charge in [0.05, 0.1) is 10.9 Å². The highest BCUT2D eigenvalue weighted by molar-refractivity contribution is 7.89. The third kappa shape index (κ3) is 3.25. The Balaban J connectivity index is 1.60. The van der Waals surface area contributed by atoms with Gasteiger partial charge in [-0.25, -0.2) is 22.8 Å². The maximum atomic E-state index is 13.0. The standard InChI is InChI=1S/C18H23N5O3S/c1-3-17-19-18-15(5-4-9-23(18)20-17)21-27(25,26)14-6-7-16-13(11-14)8-10-22(16)12(2)24/h6-7,11,15,21H,3-5,8-10H2,1-2H3/t15-/m1/s1. The van der Waals surface area contributed by atoms with E-state index >= 15 is 0 Å². The Morgan fingerprint density at radius 3 is 2.89 bits per heavy atom. The Bertz CT molecular complexity index is 998. The molecule has 0 saturated carbocycles. The predicted octanol–water partition coefficient (Wildman–Crippen LogP) is 1.56. The molecule has 3 heterocycles. The highest BCUT2D eigenvalue weighted by Gasteiger charge is 2.30. The molecule has 0 unspecified atom stereocenters. The molecular formula is C18H23N5O3S. The second-order valence-corrected chi connectivity index (χ2v) is 8.70. The highest BCUT2D eigenvalue weighted by Crippen LogP contribution is 2.31. The Morgan fingerprint density at radius 2 is 2.15 bits per heavy atom. The van der Waals surface area contributed by atoms with Crippen molar-refractivity contribution in [2.75, 3.05) is 11.4 Å². The van der Waals surface area contributed by atoms with Crippen molar-refractivity contribution >= 4 is 21.6 Å². The first-order valence-electron chi connectivity index (χ1n) is 9.26. The van der Waals surface area contributed by atoms with E-state index in [1.807, 2.05) is 11.6 Å². The molecule has 0 fully saturated rings. The van der Waals surface area contributed by atoms with E-state index in [1.54, 1.807) is 23.1 Å². The first kappa shape index (κ1) is 18.1. The number of carbonyl (C=O) groups is 1. The van der Waals surface area contributed by atoms with Crippen molar-refractivity contribution in [1.82, 2.24) is 19.5 Å². The minimum absolute atomic E-state index is 0.0317. The lowest BCUT2D eigenvalue weighted by Crippen LogP contribution is -2.33. The summed E-state index contributed by atoms with van der Waals surface area (Å²) < 4.78 is 30.5. The Morgan fingerprint density at radius 1 is 1.33 bits per heavy atom. The quantitative estimate of drug-likeness (QED) is 0.856. The average Bonchev–Trinajstić information content (AvgIpc) is 3.25. The van der Waals surface area contributed by atoms with Crippen molar-refractivity contribution in [2.45, 2.75) is 57.0 Å². The fourth-order valence-electron chi connectivity index (χ4n) is 3.79. The van der Waals surface area contributed by atoms with Crippen molar-refractivity contribution in [1.29, 1.82) is 0 Å². The van der Waals surface area contributed by atoms with Crippen LogP contribution < -0.4 is 9.62 Å². The van der Waals surface area contributed by atoms with Crippen LogP contribution in [0, 0.1) is 0 Å². The van der Waals surface area contributed by atoms with Gasteiger partial charge < -0.3 is 4.90 Å². The number of hydrogen-bond donors (Lipinski definition) is 1. The monoisotopic (exact) mass is 389 g/mol. The van der Waals surface area contributed by atoms with Crippen LogP contribution in [-0.2, 0) is 34.2 Å². The third-order valence-corrected chi connectivity index (χ3v) is 6.64. The molecule has 1 amide bonds. The minimum atomic E-state index is -3.69. The van der Waals surface area contributed by atoms with Crippen LogP contribution in [0.15, 0.2) is 23.1 Å². The van der Waals surface area contributed by atoms with Crippen LogP contribution in [0.4, 0.5) is 5.69 Å². The van der Waals surface area contributed by atoms with E-state index in [1.165, 1.54) is 6.92 Å². The molecule has 144 valence electrons. The van der Waals surface area contributed by atoms with Crippen LogP contribution in [0.2, 0.25) is 0 Å². The second-order valence-electron chi connectivity index (χ2n) is 6.99. The van der Waals surface area contributed by atoms with Gasteiger partial charge in [0, 0.05) is 32.1 Å². The number of benzene rings is 1. The normalized spacial score (nSPS) is 19.0. The van der Waals surface area contributed by atoms with Crippen LogP contribution in [0.25, 0.3) is 0 Å². The van der Waals surface area contributed by atoms with Gasteiger partial charge in [-0.2, -0.15) is 5.10 Å². The number of nitrogens with one attached hydrogen (secondary N) is 1. The molecular weight excluding hydrogens is 366 g/mol. The molecule has 1 aromatic carbocycles. The lowest BCUT2D eigenvalue weighted by atomic mass is 10.1. The van der Waals surface area contributed by atoms with E-state index in [2.05, 4.69) is 14.8 Å². The van der Waals surface area contributed by atoms with Gasteiger partial charge in [-0.3, -0.25) is 4.79 Å². The van der Waals surface area contributed by atoms with Crippen molar-refractivity contribution < 1.29 is 13.2 Å². The van der Waals surface area contributed by atoms with E-state index in [0.717, 1.165) is 36.5 Å². The van der Waals surface area contributed by atoms with Crippen LogP contribution >= 0.6 is 0 Å². The Labute approximate surface area is 158 Å². The maximum Gasteiger partial charge on any atom is 0.241 e. The molecule has 8 nitrogen and oxygen atoms in total. The molecule has 2 aromatic rings. The summed E-state index contributed by atoms with van der Waals surface area (Å²) in [5.41, 5.74) is 1.68. The Kier molecular flexibility index (Phi) is 4.51. The fraction of sp³-hybridized carbons (Fsp3) is 0.500. The van der Waals surface area contributed by atoms with Gasteiger partial charge >= 0.3 is 0 Å². The first-order chi connectivity index (χ1) is 12.9. The zero-order valence-corrected chi connectivity index (χ0v) is 16.3. The van der Waals surface area contributed by atoms with Crippen molar-refractivity contribution in [3.8, 4) is 0 Å². The number of aryl methyl sites for hydroxylation is 2. The highest BCUT2D eigenvalue weighted by atomic mass is 32.2. The molecule has 0 radical (unpaired) electrons. The predicted molar refractivity (Wildman–Crippen MR) is 99.9 cm³/mol. The van der Waals surface area contributed by atoms with Crippen LogP contribution in [0.3, 0.4) is 0 Å². The van der Waals surface area contributed by atoms with Gasteiger partial charge in [-0.15, -0.1) is 0 Å². The number of nitrogens with zero attached hydrogens (tertiary/aromatic N) is 4. The summed E-state index contributed by atoms with van der Waals surface area (Å²) in [6, 6.07) is 4.58. The van der Waals surface area contributed by atoms with Gasteiger partial charge in [0.2, 0.25) is 15.9 Å². The Hall–Kier alpha value is -2.26. The second kappa shape index (κ2) is 6.72. The molecule has 0 bridgehead atoms. The van der Waals surface area contributed by atoms with E-state index in [0.29, 0.717) is 25.2 Å². The molecule has 0 saturated heterocycles. The summed E-state index contributed by atoms with van der Waals surface area (Å²) in [6.45, 7) is 4.86. The zero-order valence-electron chi connectivity index (χ0n) is 15.5. The minimum Gasteiger partial charge on any atom is -0.312 e. The van der Waals surface area contributed by atoms with Gasteiger partial charge in [0.15, 0.2) is 5.82 Å². The first-order valence-corrected chi connectivity index (χ1v) is 10.7. The molecule has 2 aliphatic heterocycles. The van der Waals surface area contributed by atoms with Gasteiger partial charge in [0.25, 0.3) is 0 Å². The number of sulfonamides is 1. The summed E-state index contributed by atoms with van der Waals surface area (Å²) in [4.78, 5) is 18.1. The SMILES string of the molecule is CCc1nc2n(n1)CCC[C@H]2NS(=O)(=O)c1ccc2c(c1)CCN2C(C)=O. The van der Waals surface area contributed by atoms with E-state index in [9.17, 15) is 13.2 Å².